The molecule has 0 bridgehead atoms. The number of fused-ring (bicyclic) bond motifs is 3. The molecule has 6 rings (SSSR count). The number of likely N-dealkylation sites (tertiary alicyclic amines) is 1. The van der Waals surface area contributed by atoms with Crippen LogP contribution in [0.4, 0.5) is 9.18 Å². The average Bonchev–Trinajstić information content (AvgIpc) is 3.30. The molecule has 194 valence electrons. The van der Waals surface area contributed by atoms with Gasteiger partial charge in [0.1, 0.15) is 18.7 Å². The molecule has 0 radical (unpaired) electrons. The van der Waals surface area contributed by atoms with E-state index in [9.17, 15) is 14.0 Å². The van der Waals surface area contributed by atoms with E-state index in [2.05, 4.69) is 24.3 Å². The first-order chi connectivity index (χ1) is 19.1. The zero-order valence-corrected chi connectivity index (χ0v) is 21.4. The molecule has 0 N–H and O–H groups in total. The van der Waals surface area contributed by atoms with Crippen LogP contribution in [0.3, 0.4) is 0 Å². The highest BCUT2D eigenvalue weighted by Crippen LogP contribution is 2.44. The zero-order valence-electron chi connectivity index (χ0n) is 21.4. The van der Waals surface area contributed by atoms with Crippen molar-refractivity contribution in [2.75, 3.05) is 19.7 Å². The van der Waals surface area contributed by atoms with Gasteiger partial charge in [0.05, 0.1) is 0 Å². The predicted octanol–water partition coefficient (Wildman–Crippen LogP) is 7.35. The number of carbonyl (C=O) groups excluding carboxylic acids is 2. The third-order valence-corrected chi connectivity index (χ3v) is 7.62. The van der Waals surface area contributed by atoms with Gasteiger partial charge in [-0.15, -0.1) is 0 Å². The van der Waals surface area contributed by atoms with Crippen molar-refractivity contribution in [3.05, 3.63) is 125 Å². The van der Waals surface area contributed by atoms with Crippen LogP contribution in [0.25, 0.3) is 28.3 Å². The fraction of sp³-hybridized carbons (Fsp3) is 0.176. The van der Waals surface area contributed by atoms with E-state index in [0.717, 1.165) is 28.5 Å². The van der Waals surface area contributed by atoms with Gasteiger partial charge in [-0.05, 0) is 63.1 Å². The van der Waals surface area contributed by atoms with Crippen molar-refractivity contribution >= 4 is 18.5 Å². The second kappa shape index (κ2) is 10.7. The maximum atomic E-state index is 13.3. The number of piperidine rings is 1. The quantitative estimate of drug-likeness (QED) is 0.260. The van der Waals surface area contributed by atoms with E-state index in [1.807, 2.05) is 54.6 Å². The number of amides is 1. The van der Waals surface area contributed by atoms with Gasteiger partial charge in [0.2, 0.25) is 0 Å². The molecular formula is C34H28FNO3. The Morgan fingerprint density at radius 3 is 2.05 bits per heavy atom. The lowest BCUT2D eigenvalue weighted by atomic mass is 9.93. The van der Waals surface area contributed by atoms with E-state index in [1.54, 1.807) is 17.0 Å². The highest BCUT2D eigenvalue weighted by Gasteiger charge is 2.31. The maximum absolute atomic E-state index is 13.3. The minimum Gasteiger partial charge on any atom is -0.448 e. The van der Waals surface area contributed by atoms with E-state index in [1.165, 1.54) is 34.4 Å². The number of benzene rings is 4. The number of aldehydes is 1. The molecular weight excluding hydrogens is 489 g/mol. The summed E-state index contributed by atoms with van der Waals surface area (Å²) in [4.78, 5) is 26.6. The Balaban J connectivity index is 1.15. The van der Waals surface area contributed by atoms with Crippen LogP contribution in [-0.4, -0.2) is 37.0 Å². The molecule has 0 spiro atoms. The zero-order chi connectivity index (χ0) is 26.8. The lowest BCUT2D eigenvalue weighted by molar-refractivity contribution is -0.111. The molecule has 1 fully saturated rings. The van der Waals surface area contributed by atoms with Crippen LogP contribution >= 0.6 is 0 Å². The molecule has 0 aromatic heterocycles. The molecule has 0 saturated carbocycles. The number of rotatable bonds is 5. The lowest BCUT2D eigenvalue weighted by Crippen LogP contribution is -2.42. The fourth-order valence-corrected chi connectivity index (χ4v) is 5.73. The van der Waals surface area contributed by atoms with Crippen molar-refractivity contribution in [2.45, 2.75) is 12.3 Å². The summed E-state index contributed by atoms with van der Waals surface area (Å²) in [6.45, 7) is 1.01. The number of nitrogens with zero attached hydrogens (tertiary/aromatic N) is 1. The van der Waals surface area contributed by atoms with E-state index in [0.29, 0.717) is 19.5 Å². The normalized spacial score (nSPS) is 17.5. The van der Waals surface area contributed by atoms with Crippen LogP contribution in [0, 0.1) is 11.7 Å². The molecule has 4 aromatic rings. The number of hydrogen-bond acceptors (Lipinski definition) is 3. The van der Waals surface area contributed by atoms with E-state index in [4.69, 9.17) is 4.74 Å². The van der Waals surface area contributed by atoms with Gasteiger partial charge in [0.15, 0.2) is 0 Å². The SMILES string of the molecule is O=CC1CC(=Cc2ccc(-c3ccc(F)cc3)cc2)CN(C(=O)OCC2c3ccccc3-c3ccccc32)C1. The highest BCUT2D eigenvalue weighted by molar-refractivity contribution is 5.79. The van der Waals surface area contributed by atoms with Crippen LogP contribution in [-0.2, 0) is 9.53 Å². The van der Waals surface area contributed by atoms with E-state index < -0.39 is 6.09 Å². The fourth-order valence-electron chi connectivity index (χ4n) is 5.73. The second-order valence-corrected chi connectivity index (χ2v) is 10.2. The molecule has 1 amide bonds. The monoisotopic (exact) mass is 517 g/mol. The summed E-state index contributed by atoms with van der Waals surface area (Å²) in [6.07, 6.45) is 3.17. The molecule has 4 aromatic carbocycles. The second-order valence-electron chi connectivity index (χ2n) is 10.2. The van der Waals surface area contributed by atoms with Crippen molar-refractivity contribution in [3.63, 3.8) is 0 Å². The largest absolute Gasteiger partial charge is 0.448 e. The summed E-state index contributed by atoms with van der Waals surface area (Å²) in [7, 11) is 0. The third kappa shape index (κ3) is 5.13. The lowest BCUT2D eigenvalue weighted by Gasteiger charge is -2.32. The van der Waals surface area contributed by atoms with Gasteiger partial charge in [-0.1, -0.05) is 91.0 Å². The van der Waals surface area contributed by atoms with E-state index >= 15 is 0 Å². The Kier molecular flexibility index (Phi) is 6.80. The predicted molar refractivity (Wildman–Crippen MR) is 151 cm³/mol. The van der Waals surface area contributed by atoms with Crippen LogP contribution in [0.2, 0.25) is 0 Å². The van der Waals surface area contributed by atoms with Gasteiger partial charge in [-0.3, -0.25) is 0 Å². The number of hydrogen-bond donors (Lipinski definition) is 0. The number of halogens is 1. The Morgan fingerprint density at radius 2 is 1.44 bits per heavy atom. The Bertz CT molecular complexity index is 1500. The van der Waals surface area contributed by atoms with Gasteiger partial charge in [-0.25, -0.2) is 9.18 Å². The van der Waals surface area contributed by atoms with Gasteiger partial charge < -0.3 is 14.4 Å². The molecule has 1 aliphatic carbocycles. The van der Waals surface area contributed by atoms with Crippen molar-refractivity contribution in [1.82, 2.24) is 4.90 Å². The van der Waals surface area contributed by atoms with Crippen LogP contribution < -0.4 is 0 Å². The molecule has 1 atom stereocenters. The first-order valence-corrected chi connectivity index (χ1v) is 13.2. The van der Waals surface area contributed by atoms with Crippen molar-refractivity contribution < 1.29 is 18.7 Å². The average molecular weight is 518 g/mol. The van der Waals surface area contributed by atoms with Crippen molar-refractivity contribution in [2.24, 2.45) is 5.92 Å². The van der Waals surface area contributed by atoms with Crippen molar-refractivity contribution in [3.8, 4) is 22.3 Å². The van der Waals surface area contributed by atoms with Crippen LogP contribution in [0.15, 0.2) is 103 Å². The van der Waals surface area contributed by atoms with Crippen LogP contribution in [0.5, 0.6) is 0 Å². The molecule has 2 aliphatic rings. The topological polar surface area (TPSA) is 46.6 Å². The molecule has 39 heavy (non-hydrogen) atoms. The smallest absolute Gasteiger partial charge is 0.410 e. The van der Waals surface area contributed by atoms with Gasteiger partial charge in [0, 0.05) is 24.9 Å². The molecule has 5 heteroatoms. The summed E-state index contributed by atoms with van der Waals surface area (Å²) in [5.41, 5.74) is 8.62. The van der Waals surface area contributed by atoms with E-state index in [-0.39, 0.29) is 24.3 Å². The summed E-state index contributed by atoms with van der Waals surface area (Å²) in [5.74, 6) is -0.547. The van der Waals surface area contributed by atoms with Gasteiger partial charge in [0.25, 0.3) is 0 Å². The van der Waals surface area contributed by atoms with Crippen LogP contribution in [0.1, 0.15) is 29.0 Å². The standard InChI is InChI=1S/C34H28FNO3/c35-28-15-13-27(14-16-28)26-11-9-23(10-12-26)17-24-18-25(21-37)20-36(19-24)34(38)39-22-33-31-7-3-1-5-29(31)30-6-2-4-8-32(30)33/h1-17,21,25,33H,18-20,22H2. The number of ether oxygens (including phenoxy) is 1. The first kappa shape index (κ1) is 24.8. The molecule has 1 saturated heterocycles. The highest BCUT2D eigenvalue weighted by atomic mass is 19.1. The Morgan fingerprint density at radius 1 is 0.846 bits per heavy atom. The molecule has 1 unspecified atom stereocenters. The molecule has 1 heterocycles. The Labute approximate surface area is 227 Å². The van der Waals surface area contributed by atoms with Crippen molar-refractivity contribution in [1.29, 1.82) is 0 Å². The summed E-state index contributed by atoms with van der Waals surface area (Å²) in [5, 5.41) is 0. The summed E-state index contributed by atoms with van der Waals surface area (Å²) in [6, 6.07) is 30.9. The maximum Gasteiger partial charge on any atom is 0.410 e. The summed E-state index contributed by atoms with van der Waals surface area (Å²) >= 11 is 0. The third-order valence-electron chi connectivity index (χ3n) is 7.62. The minimum atomic E-state index is -0.402. The van der Waals surface area contributed by atoms with Gasteiger partial charge in [-0.2, -0.15) is 0 Å². The first-order valence-electron chi connectivity index (χ1n) is 13.2. The van der Waals surface area contributed by atoms with Gasteiger partial charge >= 0.3 is 6.09 Å². The summed E-state index contributed by atoms with van der Waals surface area (Å²) < 4.78 is 19.1. The molecule has 4 nitrogen and oxygen atoms in total. The Hall–Kier alpha value is -4.51. The molecule has 1 aliphatic heterocycles. The minimum absolute atomic E-state index is 0.0114. The number of carbonyl (C=O) groups is 2.